The molecule has 3 rings (SSSR count). The Balaban J connectivity index is 1.99. The second-order valence-corrected chi connectivity index (χ2v) is 7.07. The number of halogens is 1. The fourth-order valence-electron chi connectivity index (χ4n) is 3.09. The van der Waals surface area contributed by atoms with E-state index in [0.717, 1.165) is 32.4 Å². The van der Waals surface area contributed by atoms with E-state index in [0.29, 0.717) is 0 Å². The Bertz CT molecular complexity index is 813. The molecule has 3 heteroatoms. The predicted molar refractivity (Wildman–Crippen MR) is 107 cm³/mol. The van der Waals surface area contributed by atoms with Gasteiger partial charge in [-0.2, -0.15) is 0 Å². The quantitative estimate of drug-likeness (QED) is 0.592. The lowest BCUT2D eigenvalue weighted by atomic mass is 9.90. The Morgan fingerprint density at radius 3 is 1.72 bits per heavy atom. The average Bonchev–Trinajstić information content (AvgIpc) is 2.60. The van der Waals surface area contributed by atoms with Crippen molar-refractivity contribution >= 4 is 27.5 Å². The number of carbonyl (C=O) groups excluding carboxylic acids is 1. The second-order valence-electron chi connectivity index (χ2n) is 6.16. The highest BCUT2D eigenvalue weighted by molar-refractivity contribution is 9.10. The van der Waals surface area contributed by atoms with Crippen molar-refractivity contribution in [2.24, 2.45) is 0 Å². The molecule has 0 radical (unpaired) electrons. The van der Waals surface area contributed by atoms with Crippen LogP contribution in [0.2, 0.25) is 0 Å². The van der Waals surface area contributed by atoms with Gasteiger partial charge in [-0.15, -0.1) is 0 Å². The van der Waals surface area contributed by atoms with Crippen LogP contribution in [0.15, 0.2) is 77.3 Å². The Kier molecular flexibility index (Phi) is 5.34. The van der Waals surface area contributed by atoms with Crippen LogP contribution in [0, 0.1) is 13.8 Å². The molecule has 1 amide bonds. The molecule has 0 saturated carbocycles. The Hall–Kier alpha value is -2.39. The summed E-state index contributed by atoms with van der Waals surface area (Å²) in [6.45, 7) is 4.01. The summed E-state index contributed by atoms with van der Waals surface area (Å²) in [7, 11) is 0. The first-order valence-corrected chi connectivity index (χ1v) is 9.03. The van der Waals surface area contributed by atoms with Crippen molar-refractivity contribution in [2.45, 2.75) is 19.8 Å². The third kappa shape index (κ3) is 3.99. The third-order valence-electron chi connectivity index (χ3n) is 4.27. The van der Waals surface area contributed by atoms with Crippen molar-refractivity contribution in [3.8, 4) is 0 Å². The fraction of sp³-hybridized carbons (Fsp3) is 0.136. The van der Waals surface area contributed by atoms with Crippen molar-refractivity contribution in [1.29, 1.82) is 0 Å². The fourth-order valence-corrected chi connectivity index (χ4v) is 3.78. The summed E-state index contributed by atoms with van der Waals surface area (Å²) < 4.78 is 1.02. The van der Waals surface area contributed by atoms with E-state index in [9.17, 15) is 4.79 Å². The normalized spacial score (nSPS) is 10.7. The van der Waals surface area contributed by atoms with Crippen LogP contribution in [0.3, 0.4) is 0 Å². The van der Waals surface area contributed by atoms with Gasteiger partial charge in [-0.1, -0.05) is 76.6 Å². The molecule has 0 unspecified atom stereocenters. The topological polar surface area (TPSA) is 29.1 Å². The lowest BCUT2D eigenvalue weighted by Gasteiger charge is -2.20. The van der Waals surface area contributed by atoms with Crippen molar-refractivity contribution in [2.75, 3.05) is 5.32 Å². The molecule has 0 atom stereocenters. The Labute approximate surface area is 157 Å². The van der Waals surface area contributed by atoms with Crippen LogP contribution in [-0.4, -0.2) is 5.91 Å². The molecule has 2 nitrogen and oxygen atoms in total. The Morgan fingerprint density at radius 1 is 0.840 bits per heavy atom. The standard InChI is InChI=1S/C22H20BrNO/c1-15-13-19(23)14-16(2)21(15)24-22(25)20(17-9-5-3-6-10-17)18-11-7-4-8-12-18/h3-14,20H,1-2H3,(H,24,25). The minimum atomic E-state index is -0.343. The molecule has 0 bridgehead atoms. The maximum absolute atomic E-state index is 13.2. The first-order chi connectivity index (χ1) is 12.1. The van der Waals surface area contributed by atoms with Crippen molar-refractivity contribution in [1.82, 2.24) is 0 Å². The molecule has 0 saturated heterocycles. The molecule has 0 aliphatic rings. The summed E-state index contributed by atoms with van der Waals surface area (Å²) in [6.07, 6.45) is 0. The highest BCUT2D eigenvalue weighted by Gasteiger charge is 2.23. The smallest absolute Gasteiger partial charge is 0.236 e. The molecule has 0 aromatic heterocycles. The molecular formula is C22H20BrNO. The molecule has 0 aliphatic heterocycles. The lowest BCUT2D eigenvalue weighted by Crippen LogP contribution is -2.23. The van der Waals surface area contributed by atoms with E-state index in [1.54, 1.807) is 0 Å². The molecule has 25 heavy (non-hydrogen) atoms. The van der Waals surface area contributed by atoms with Gasteiger partial charge in [0.1, 0.15) is 0 Å². The number of nitrogens with one attached hydrogen (secondary N) is 1. The first kappa shape index (κ1) is 17.4. The van der Waals surface area contributed by atoms with Crippen LogP contribution in [0.5, 0.6) is 0 Å². The number of carbonyl (C=O) groups is 1. The minimum Gasteiger partial charge on any atom is -0.325 e. The summed E-state index contributed by atoms with van der Waals surface area (Å²) in [5.41, 5.74) is 4.93. The van der Waals surface area contributed by atoms with E-state index in [-0.39, 0.29) is 11.8 Å². The molecule has 0 aliphatic carbocycles. The largest absolute Gasteiger partial charge is 0.325 e. The van der Waals surface area contributed by atoms with E-state index < -0.39 is 0 Å². The van der Waals surface area contributed by atoms with E-state index in [1.165, 1.54) is 0 Å². The maximum atomic E-state index is 13.2. The van der Waals surface area contributed by atoms with E-state index >= 15 is 0 Å². The molecule has 3 aromatic carbocycles. The van der Waals surface area contributed by atoms with Crippen LogP contribution >= 0.6 is 15.9 Å². The summed E-state index contributed by atoms with van der Waals surface area (Å²) in [5, 5.41) is 3.14. The van der Waals surface area contributed by atoms with Gasteiger partial charge in [-0.3, -0.25) is 4.79 Å². The molecule has 0 heterocycles. The van der Waals surface area contributed by atoms with Gasteiger partial charge in [0, 0.05) is 10.2 Å². The number of amides is 1. The zero-order chi connectivity index (χ0) is 17.8. The van der Waals surface area contributed by atoms with Crippen molar-refractivity contribution in [3.63, 3.8) is 0 Å². The summed E-state index contributed by atoms with van der Waals surface area (Å²) >= 11 is 3.50. The molecule has 3 aromatic rings. The van der Waals surface area contributed by atoms with Crippen LogP contribution < -0.4 is 5.32 Å². The first-order valence-electron chi connectivity index (χ1n) is 8.24. The average molecular weight is 394 g/mol. The van der Waals surface area contributed by atoms with E-state index in [1.807, 2.05) is 86.6 Å². The van der Waals surface area contributed by atoms with Gasteiger partial charge < -0.3 is 5.32 Å². The van der Waals surface area contributed by atoms with Gasteiger partial charge in [0.15, 0.2) is 0 Å². The SMILES string of the molecule is Cc1cc(Br)cc(C)c1NC(=O)C(c1ccccc1)c1ccccc1. The number of hydrogen-bond acceptors (Lipinski definition) is 1. The molecular weight excluding hydrogens is 374 g/mol. The number of benzene rings is 3. The molecule has 0 fully saturated rings. The van der Waals surface area contributed by atoms with Gasteiger partial charge in [0.25, 0.3) is 0 Å². The van der Waals surface area contributed by atoms with Crippen LogP contribution in [0.25, 0.3) is 0 Å². The van der Waals surface area contributed by atoms with Gasteiger partial charge in [0.2, 0.25) is 5.91 Å². The van der Waals surface area contributed by atoms with E-state index in [4.69, 9.17) is 0 Å². The minimum absolute atomic E-state index is 0.0223. The van der Waals surface area contributed by atoms with Gasteiger partial charge in [-0.25, -0.2) is 0 Å². The van der Waals surface area contributed by atoms with Crippen molar-refractivity contribution < 1.29 is 4.79 Å². The zero-order valence-corrected chi connectivity index (χ0v) is 15.9. The summed E-state index contributed by atoms with van der Waals surface area (Å²) in [6, 6.07) is 23.8. The number of rotatable bonds is 4. The highest BCUT2D eigenvalue weighted by atomic mass is 79.9. The van der Waals surface area contributed by atoms with Gasteiger partial charge >= 0.3 is 0 Å². The van der Waals surface area contributed by atoms with Crippen molar-refractivity contribution in [3.05, 3.63) is 99.5 Å². The van der Waals surface area contributed by atoms with Crippen LogP contribution in [0.4, 0.5) is 5.69 Å². The van der Waals surface area contributed by atoms with E-state index in [2.05, 4.69) is 21.2 Å². The second kappa shape index (κ2) is 7.66. The zero-order valence-electron chi connectivity index (χ0n) is 14.3. The lowest BCUT2D eigenvalue weighted by molar-refractivity contribution is -0.116. The third-order valence-corrected chi connectivity index (χ3v) is 4.73. The predicted octanol–water partition coefficient (Wildman–Crippen LogP) is 5.84. The maximum Gasteiger partial charge on any atom is 0.236 e. The van der Waals surface area contributed by atoms with Crippen LogP contribution in [0.1, 0.15) is 28.2 Å². The summed E-state index contributed by atoms with van der Waals surface area (Å²) in [5.74, 6) is -0.365. The number of hydrogen-bond donors (Lipinski definition) is 1. The molecule has 1 N–H and O–H groups in total. The Morgan fingerprint density at radius 2 is 1.28 bits per heavy atom. The molecule has 126 valence electrons. The molecule has 0 spiro atoms. The summed E-state index contributed by atoms with van der Waals surface area (Å²) in [4.78, 5) is 13.2. The number of anilines is 1. The monoisotopic (exact) mass is 393 g/mol. The van der Waals surface area contributed by atoms with Gasteiger partial charge in [0.05, 0.1) is 5.92 Å². The van der Waals surface area contributed by atoms with Gasteiger partial charge in [-0.05, 0) is 48.2 Å². The highest BCUT2D eigenvalue weighted by Crippen LogP contribution is 2.29. The number of aryl methyl sites for hydroxylation is 2. The van der Waals surface area contributed by atoms with Crippen LogP contribution in [-0.2, 0) is 4.79 Å².